The zero-order chi connectivity index (χ0) is 18.0. The van der Waals surface area contributed by atoms with Crippen LogP contribution < -0.4 is 10.5 Å². The number of primary sulfonamides is 1. The fraction of sp³-hybridized carbons (Fsp3) is 0.235. The van der Waals surface area contributed by atoms with Gasteiger partial charge in [-0.1, -0.05) is 41.9 Å². The maximum atomic E-state index is 11.4. The number of nitrogens with zero attached hydrogens (tertiary/aromatic N) is 1. The van der Waals surface area contributed by atoms with Crippen LogP contribution in [-0.4, -0.2) is 15.0 Å². The minimum atomic E-state index is -3.83. The number of hydrogen-bond donors (Lipinski definition) is 2. The van der Waals surface area contributed by atoms with E-state index in [1.165, 1.54) is 12.1 Å². The summed E-state index contributed by atoms with van der Waals surface area (Å²) in [6.45, 7) is 4.76. The number of halogens is 1. The van der Waals surface area contributed by atoms with E-state index in [2.05, 4.69) is 35.1 Å². The molecule has 0 radical (unpaired) electrons. The number of rotatable bonds is 5. The van der Waals surface area contributed by atoms with Gasteiger partial charge in [-0.3, -0.25) is 0 Å². The fourth-order valence-corrected chi connectivity index (χ4v) is 3.07. The zero-order valence-corrected chi connectivity index (χ0v) is 15.8. The van der Waals surface area contributed by atoms with E-state index in [4.69, 9.17) is 5.14 Å². The van der Waals surface area contributed by atoms with Gasteiger partial charge in [0, 0.05) is 16.4 Å². The van der Waals surface area contributed by atoms with Crippen molar-refractivity contribution >= 4 is 31.6 Å². The topological polar surface area (TPSA) is 96.0 Å². The maximum absolute atomic E-state index is 11.4. The van der Waals surface area contributed by atoms with Gasteiger partial charge in [-0.15, -0.1) is 0 Å². The Morgan fingerprint density at radius 1 is 1.21 bits per heavy atom. The van der Waals surface area contributed by atoms with Crippen molar-refractivity contribution in [2.45, 2.75) is 24.2 Å². The third-order valence-corrected chi connectivity index (χ3v) is 5.23. The predicted molar refractivity (Wildman–Crippen MR) is 98.2 cm³/mol. The van der Waals surface area contributed by atoms with Gasteiger partial charge in [0.1, 0.15) is 6.07 Å². The molecule has 126 valence electrons. The quantitative estimate of drug-likeness (QED) is 0.793. The first-order valence-electron chi connectivity index (χ1n) is 7.20. The molecule has 24 heavy (non-hydrogen) atoms. The summed E-state index contributed by atoms with van der Waals surface area (Å²) in [7, 11) is -3.83. The van der Waals surface area contributed by atoms with Gasteiger partial charge in [0.15, 0.2) is 0 Å². The monoisotopic (exact) mass is 407 g/mol. The highest BCUT2D eigenvalue weighted by atomic mass is 79.9. The van der Waals surface area contributed by atoms with Crippen LogP contribution in [0.1, 0.15) is 25.0 Å². The lowest BCUT2D eigenvalue weighted by molar-refractivity contribution is 0.557. The Balaban J connectivity index is 2.22. The van der Waals surface area contributed by atoms with E-state index in [-0.39, 0.29) is 15.9 Å². The summed E-state index contributed by atoms with van der Waals surface area (Å²) in [5, 5.41) is 17.6. The first-order valence-corrected chi connectivity index (χ1v) is 9.54. The highest BCUT2D eigenvalue weighted by Gasteiger charge is 2.21. The molecule has 0 aliphatic rings. The Kier molecular flexibility index (Phi) is 5.33. The van der Waals surface area contributed by atoms with E-state index in [1.807, 2.05) is 30.3 Å². The second kappa shape index (κ2) is 6.93. The standard InChI is InChI=1S/C17H18BrN3O2S/c1-17(2,13-3-5-14(18)6-4-13)11-21-16-8-7-15(24(20,22)23)9-12(16)10-19/h3-9,21H,11H2,1-2H3,(H2,20,22,23). The van der Waals surface area contributed by atoms with E-state index in [0.717, 1.165) is 10.0 Å². The molecule has 2 rings (SSSR count). The van der Waals surface area contributed by atoms with Crippen LogP contribution in [0, 0.1) is 11.3 Å². The molecular weight excluding hydrogens is 390 g/mol. The van der Waals surface area contributed by atoms with Gasteiger partial charge in [-0.05, 0) is 35.9 Å². The summed E-state index contributed by atoms with van der Waals surface area (Å²) < 4.78 is 23.8. The van der Waals surface area contributed by atoms with Gasteiger partial charge in [-0.25, -0.2) is 13.6 Å². The van der Waals surface area contributed by atoms with Crippen LogP contribution in [-0.2, 0) is 15.4 Å². The third-order valence-electron chi connectivity index (χ3n) is 3.79. The van der Waals surface area contributed by atoms with Crippen LogP contribution in [0.25, 0.3) is 0 Å². The van der Waals surface area contributed by atoms with Crippen molar-refractivity contribution in [1.29, 1.82) is 5.26 Å². The molecule has 0 atom stereocenters. The van der Waals surface area contributed by atoms with Crippen LogP contribution >= 0.6 is 15.9 Å². The molecule has 0 bridgehead atoms. The van der Waals surface area contributed by atoms with Gasteiger partial charge in [0.05, 0.1) is 16.1 Å². The van der Waals surface area contributed by atoms with Gasteiger partial charge in [0.2, 0.25) is 10.0 Å². The lowest BCUT2D eigenvalue weighted by Gasteiger charge is -2.26. The third kappa shape index (κ3) is 4.35. The van der Waals surface area contributed by atoms with Gasteiger partial charge >= 0.3 is 0 Å². The summed E-state index contributed by atoms with van der Waals surface area (Å²) in [6.07, 6.45) is 0. The van der Waals surface area contributed by atoms with E-state index in [0.29, 0.717) is 12.2 Å². The highest BCUT2D eigenvalue weighted by Crippen LogP contribution is 2.26. The number of nitriles is 1. The number of nitrogens with two attached hydrogens (primary N) is 1. The number of hydrogen-bond acceptors (Lipinski definition) is 4. The van der Waals surface area contributed by atoms with Crippen LogP contribution in [0.3, 0.4) is 0 Å². The summed E-state index contributed by atoms with van der Waals surface area (Å²) in [6, 6.07) is 14.3. The van der Waals surface area contributed by atoms with E-state index in [9.17, 15) is 13.7 Å². The molecular formula is C17H18BrN3O2S. The lowest BCUT2D eigenvalue weighted by atomic mass is 9.84. The van der Waals surface area contributed by atoms with Crippen LogP contribution in [0.2, 0.25) is 0 Å². The normalized spacial score (nSPS) is 11.8. The van der Waals surface area contributed by atoms with Crippen LogP contribution in [0.5, 0.6) is 0 Å². The smallest absolute Gasteiger partial charge is 0.238 e. The van der Waals surface area contributed by atoms with Gasteiger partial charge in [-0.2, -0.15) is 5.26 Å². The van der Waals surface area contributed by atoms with E-state index < -0.39 is 10.0 Å². The Bertz CT molecular complexity index is 885. The van der Waals surface area contributed by atoms with Crippen LogP contribution in [0.15, 0.2) is 51.8 Å². The zero-order valence-electron chi connectivity index (χ0n) is 13.4. The van der Waals surface area contributed by atoms with Gasteiger partial charge in [0.25, 0.3) is 0 Å². The molecule has 0 aliphatic heterocycles. The molecule has 2 aromatic rings. The van der Waals surface area contributed by atoms with Crippen molar-refractivity contribution in [2.24, 2.45) is 5.14 Å². The summed E-state index contributed by atoms with van der Waals surface area (Å²) in [4.78, 5) is -0.0724. The van der Waals surface area contributed by atoms with Gasteiger partial charge < -0.3 is 5.32 Å². The Morgan fingerprint density at radius 3 is 2.38 bits per heavy atom. The second-order valence-electron chi connectivity index (χ2n) is 6.11. The summed E-state index contributed by atoms with van der Waals surface area (Å²) in [5.74, 6) is 0. The molecule has 0 heterocycles. The number of nitrogens with one attached hydrogen (secondary N) is 1. The lowest BCUT2D eigenvalue weighted by Crippen LogP contribution is -2.27. The van der Waals surface area contributed by atoms with Crippen molar-refractivity contribution in [3.63, 3.8) is 0 Å². The van der Waals surface area contributed by atoms with Crippen molar-refractivity contribution in [1.82, 2.24) is 0 Å². The maximum Gasteiger partial charge on any atom is 0.238 e. The SMILES string of the molecule is CC(C)(CNc1ccc(S(N)(=O)=O)cc1C#N)c1ccc(Br)cc1. The molecule has 0 amide bonds. The molecule has 0 saturated carbocycles. The minimum absolute atomic E-state index is 0.0724. The molecule has 3 N–H and O–H groups in total. The minimum Gasteiger partial charge on any atom is -0.383 e. The molecule has 7 heteroatoms. The fourth-order valence-electron chi connectivity index (χ4n) is 2.27. The molecule has 0 saturated heterocycles. The first-order chi connectivity index (χ1) is 11.1. The Morgan fingerprint density at radius 2 is 1.83 bits per heavy atom. The molecule has 5 nitrogen and oxygen atoms in total. The van der Waals surface area contributed by atoms with Crippen molar-refractivity contribution in [3.05, 3.63) is 58.1 Å². The van der Waals surface area contributed by atoms with E-state index >= 15 is 0 Å². The average Bonchev–Trinajstić information content (AvgIpc) is 2.52. The summed E-state index contributed by atoms with van der Waals surface area (Å²) >= 11 is 3.42. The Hall–Kier alpha value is -1.88. The predicted octanol–water partition coefficient (Wildman–Crippen LogP) is 3.36. The summed E-state index contributed by atoms with van der Waals surface area (Å²) in [5.41, 5.74) is 1.80. The van der Waals surface area contributed by atoms with Crippen molar-refractivity contribution in [2.75, 3.05) is 11.9 Å². The second-order valence-corrected chi connectivity index (χ2v) is 8.59. The number of benzene rings is 2. The molecule has 2 aromatic carbocycles. The first kappa shape index (κ1) is 18.5. The Labute approximate surface area is 150 Å². The number of anilines is 1. The average molecular weight is 408 g/mol. The molecule has 0 unspecified atom stereocenters. The van der Waals surface area contributed by atoms with Crippen molar-refractivity contribution in [3.8, 4) is 6.07 Å². The molecule has 0 aromatic heterocycles. The van der Waals surface area contributed by atoms with Crippen molar-refractivity contribution < 1.29 is 8.42 Å². The largest absolute Gasteiger partial charge is 0.383 e. The number of sulfonamides is 1. The molecule has 0 aliphatic carbocycles. The van der Waals surface area contributed by atoms with E-state index in [1.54, 1.807) is 6.07 Å². The molecule has 0 spiro atoms. The molecule has 0 fully saturated rings. The van der Waals surface area contributed by atoms with Crippen LogP contribution in [0.4, 0.5) is 5.69 Å². The highest BCUT2D eigenvalue weighted by molar-refractivity contribution is 9.10.